The summed E-state index contributed by atoms with van der Waals surface area (Å²) in [5, 5.41) is 35.6. The second kappa shape index (κ2) is 14.1. The monoisotopic (exact) mass is 636 g/mol. The average molecular weight is 637 g/mol. The predicted molar refractivity (Wildman–Crippen MR) is 139 cm³/mol. The second-order valence-corrected chi connectivity index (χ2v) is 12.3. The Morgan fingerprint density at radius 3 is 2.34 bits per heavy atom. The second-order valence-electron chi connectivity index (χ2n) is 10.00. The quantitative estimate of drug-likeness (QED) is 0.0918. The number of esters is 1. The fourth-order valence-corrected chi connectivity index (χ4v) is 5.76. The van der Waals surface area contributed by atoms with Gasteiger partial charge in [0.05, 0.1) is 24.9 Å². The fraction of sp³-hybridized carbons (Fsp3) is 0.773. The number of aliphatic hydroxyl groups excluding tert-OH is 3. The van der Waals surface area contributed by atoms with Crippen LogP contribution in [0, 0.1) is 0 Å². The molecular weight excluding hydrogens is 601 g/mol. The molecule has 0 radical (unpaired) electrons. The number of alkyl halides is 2. The van der Waals surface area contributed by atoms with Crippen molar-refractivity contribution in [3.8, 4) is 0 Å². The first-order valence-electron chi connectivity index (χ1n) is 12.5. The van der Waals surface area contributed by atoms with Crippen molar-refractivity contribution in [2.24, 2.45) is 0 Å². The summed E-state index contributed by atoms with van der Waals surface area (Å²) < 4.78 is 64.2. The number of hydrogen-bond acceptors (Lipinski definition) is 11. The minimum Gasteiger partial charge on any atom is -0.462 e. The van der Waals surface area contributed by atoms with Crippen molar-refractivity contribution in [1.82, 2.24) is 19.7 Å². The molecule has 1 aliphatic heterocycles. The van der Waals surface area contributed by atoms with E-state index in [0.717, 1.165) is 6.20 Å². The number of aromatic amines is 1. The maximum Gasteiger partial charge on any atom is 0.342 e. The van der Waals surface area contributed by atoms with Crippen LogP contribution in [0.1, 0.15) is 47.8 Å². The van der Waals surface area contributed by atoms with Crippen molar-refractivity contribution in [1.29, 1.82) is 0 Å². The molecule has 41 heavy (non-hydrogen) atoms. The molecule has 1 saturated heterocycles. The Bertz CT molecular complexity index is 1220. The third-order valence-electron chi connectivity index (χ3n) is 5.78. The highest BCUT2D eigenvalue weighted by Crippen LogP contribution is 2.46. The van der Waals surface area contributed by atoms with Gasteiger partial charge in [-0.05, 0) is 41.5 Å². The van der Waals surface area contributed by atoms with E-state index in [1.165, 1.54) is 13.8 Å². The zero-order valence-corrected chi connectivity index (χ0v) is 24.8. The molecule has 15 nitrogen and oxygen atoms in total. The number of halogens is 3. The van der Waals surface area contributed by atoms with E-state index < -0.39 is 97.6 Å². The molecule has 1 aliphatic rings. The Hall–Kier alpha value is -1.79. The molecule has 8 atom stereocenters. The normalized spacial score (nSPS) is 26.8. The Morgan fingerprint density at radius 2 is 1.80 bits per heavy atom. The van der Waals surface area contributed by atoms with Crippen LogP contribution in [0.15, 0.2) is 15.8 Å². The van der Waals surface area contributed by atoms with Gasteiger partial charge in [0, 0.05) is 6.20 Å². The lowest BCUT2D eigenvalue weighted by molar-refractivity contribution is -0.192. The number of nitrogens with zero attached hydrogens (tertiary/aromatic N) is 1. The Morgan fingerprint density at radius 1 is 1.20 bits per heavy atom. The number of hydrogen-bond donors (Lipinski definition) is 6. The zero-order chi connectivity index (χ0) is 31.4. The van der Waals surface area contributed by atoms with E-state index in [0.29, 0.717) is 4.57 Å². The number of aromatic nitrogens is 2. The summed E-state index contributed by atoms with van der Waals surface area (Å²) in [6, 6.07) is -2.50. The number of H-pyrrole nitrogens is 1. The average Bonchev–Trinajstić information content (AvgIpc) is 3.10. The third kappa shape index (κ3) is 8.63. The van der Waals surface area contributed by atoms with Crippen molar-refractivity contribution < 1.29 is 52.2 Å². The first-order chi connectivity index (χ1) is 18.8. The summed E-state index contributed by atoms with van der Waals surface area (Å²) in [5.41, 5.74) is -5.27. The number of carbonyl (C=O) groups excluding carboxylic acids is 1. The molecule has 0 aliphatic carbocycles. The molecule has 0 amide bonds. The Balaban J connectivity index is 2.41. The smallest absolute Gasteiger partial charge is 0.342 e. The number of aliphatic hydroxyl groups is 3. The van der Waals surface area contributed by atoms with Gasteiger partial charge in [0.25, 0.3) is 12.0 Å². The van der Waals surface area contributed by atoms with Crippen molar-refractivity contribution >= 4 is 25.2 Å². The Labute approximate surface area is 238 Å². The molecule has 1 aromatic heterocycles. The lowest BCUT2D eigenvalue weighted by atomic mass is 9.96. The number of nitrogens with one attached hydrogen (secondary N) is 3. The van der Waals surface area contributed by atoms with Gasteiger partial charge in [-0.1, -0.05) is 11.6 Å². The lowest BCUT2D eigenvalue weighted by Crippen LogP contribution is -2.53. The van der Waals surface area contributed by atoms with Gasteiger partial charge in [0.1, 0.15) is 23.3 Å². The molecule has 2 unspecified atom stereocenters. The van der Waals surface area contributed by atoms with Crippen LogP contribution < -0.4 is 21.4 Å². The van der Waals surface area contributed by atoms with E-state index in [9.17, 15) is 43.0 Å². The highest BCUT2D eigenvalue weighted by atomic mass is 35.5. The van der Waals surface area contributed by atoms with Crippen molar-refractivity contribution in [3.05, 3.63) is 32.1 Å². The highest BCUT2D eigenvalue weighted by molar-refractivity contribution is 7.54. The SMILES string of the molecule is CC(C)OC(=O)[C@H](C)NP(=O)(N[C@@H](C)C(O)OC(C)C)OC[C@@]1(C(F)F)O[C@@H](n2cc(Cl)c(=O)[nH]c2=O)[C@@H](O)[C@@H]1O. The Kier molecular flexibility index (Phi) is 12.2. The molecule has 6 N–H and O–H groups in total. The molecule has 0 aromatic carbocycles. The summed E-state index contributed by atoms with van der Waals surface area (Å²) in [4.78, 5) is 38.0. The van der Waals surface area contributed by atoms with Crippen LogP contribution >= 0.6 is 19.3 Å². The minimum atomic E-state index is -4.61. The van der Waals surface area contributed by atoms with E-state index >= 15 is 0 Å². The fourth-order valence-electron chi connectivity index (χ4n) is 3.72. The third-order valence-corrected chi connectivity index (χ3v) is 8.01. The van der Waals surface area contributed by atoms with Gasteiger partial charge in [-0.2, -0.15) is 0 Å². The zero-order valence-electron chi connectivity index (χ0n) is 23.1. The summed E-state index contributed by atoms with van der Waals surface area (Å²) in [6.45, 7) is 7.57. The van der Waals surface area contributed by atoms with Crippen LogP contribution in [0.3, 0.4) is 0 Å². The molecule has 19 heteroatoms. The van der Waals surface area contributed by atoms with E-state index in [-0.39, 0.29) is 0 Å². The summed E-state index contributed by atoms with van der Waals surface area (Å²) in [5.74, 6) is -0.872. The predicted octanol–water partition coefficient (Wildman–Crippen LogP) is 0.220. The highest BCUT2D eigenvalue weighted by Gasteiger charge is 2.61. The van der Waals surface area contributed by atoms with E-state index in [2.05, 4.69) is 10.2 Å². The first kappa shape index (κ1) is 35.4. The molecule has 0 bridgehead atoms. The van der Waals surface area contributed by atoms with Gasteiger partial charge >= 0.3 is 19.3 Å². The van der Waals surface area contributed by atoms with Crippen LogP contribution in [-0.2, 0) is 28.1 Å². The molecule has 2 heterocycles. The van der Waals surface area contributed by atoms with Gasteiger partial charge in [-0.15, -0.1) is 0 Å². The first-order valence-corrected chi connectivity index (χ1v) is 14.5. The van der Waals surface area contributed by atoms with E-state index in [1.54, 1.807) is 27.7 Å². The number of ether oxygens (including phenoxy) is 3. The standard InChI is InChI=1S/C22H36ClF2N4O11P/c1-9(2)38-18(33)11(5)27-41(36,28-12(6)19(34)39-10(3)4)37-8-22(20(24)25)15(31)14(30)17(40-22)29-7-13(23)16(32)26-21(29)35/h7,9-12,14-15,17-18,20,30-31,33H,8H2,1-6H3,(H,26,32,35)(H2,27,28,36)/t11-,12-,14-,15-,17+,18?,22+,41?/m0/s1. The van der Waals surface area contributed by atoms with Crippen molar-refractivity contribution in [2.45, 2.75) is 103 Å². The van der Waals surface area contributed by atoms with Gasteiger partial charge in [0.15, 0.2) is 18.1 Å². The van der Waals surface area contributed by atoms with Crippen molar-refractivity contribution in [2.75, 3.05) is 6.61 Å². The summed E-state index contributed by atoms with van der Waals surface area (Å²) >= 11 is 5.72. The molecule has 1 aromatic rings. The largest absolute Gasteiger partial charge is 0.462 e. The maximum atomic E-state index is 14.5. The number of rotatable bonds is 14. The maximum absolute atomic E-state index is 14.5. The van der Waals surface area contributed by atoms with Gasteiger partial charge in [-0.3, -0.25) is 23.7 Å². The van der Waals surface area contributed by atoms with Gasteiger partial charge < -0.3 is 34.1 Å². The van der Waals surface area contributed by atoms with Crippen LogP contribution in [0.4, 0.5) is 8.78 Å². The summed E-state index contributed by atoms with van der Waals surface area (Å²) in [6.07, 6.45) is -12.0. The topological polar surface area (TPSA) is 211 Å². The molecule has 2 rings (SSSR count). The van der Waals surface area contributed by atoms with Crippen LogP contribution in [0.5, 0.6) is 0 Å². The number of carbonyl (C=O) groups is 1. The van der Waals surface area contributed by atoms with Gasteiger partial charge in [-0.25, -0.2) is 23.7 Å². The minimum absolute atomic E-state index is 0.463. The molecule has 236 valence electrons. The van der Waals surface area contributed by atoms with Crippen LogP contribution in [0.25, 0.3) is 0 Å². The lowest BCUT2D eigenvalue weighted by Gasteiger charge is -2.34. The van der Waals surface area contributed by atoms with Crippen LogP contribution in [-0.4, -0.2) is 92.3 Å². The molecule has 1 fully saturated rings. The van der Waals surface area contributed by atoms with Gasteiger partial charge in [0.2, 0.25) is 0 Å². The van der Waals surface area contributed by atoms with Crippen LogP contribution in [0.2, 0.25) is 5.02 Å². The van der Waals surface area contributed by atoms with E-state index in [1.807, 2.05) is 4.98 Å². The molecule has 0 saturated carbocycles. The molecular formula is C22H36ClF2N4O11P. The molecule has 0 spiro atoms. The summed E-state index contributed by atoms with van der Waals surface area (Å²) in [7, 11) is -4.61. The van der Waals surface area contributed by atoms with Crippen molar-refractivity contribution in [3.63, 3.8) is 0 Å². The van der Waals surface area contributed by atoms with E-state index in [4.69, 9.17) is 30.3 Å².